The Kier molecular flexibility index (Phi) is 25.3. The van der Waals surface area contributed by atoms with E-state index in [0.29, 0.717) is 18.8 Å². The SMILES string of the molecule is CCC(C)c1ccccc1.CCC(O)c1ccc(F)cc1.C\C=C(/C=C\C(=C\OSC1CC(N=O)C(OC2CC(O)[C@H](O)C(CN=O)O2)C(CO)O1)C(C)CC(C)=O)C1=CCC=CC=C1. The van der Waals surface area contributed by atoms with Crippen LogP contribution in [0.3, 0.4) is 0 Å². The predicted molar refractivity (Wildman–Crippen MR) is 253 cm³/mol. The zero-order chi connectivity index (χ0) is 47.7. The van der Waals surface area contributed by atoms with Gasteiger partial charge in [0.15, 0.2) is 6.29 Å². The molecule has 2 fully saturated rings. The monoisotopic (exact) mass is 922 g/mol. The first kappa shape index (κ1) is 54.9. The van der Waals surface area contributed by atoms with Gasteiger partial charge in [-0.25, -0.2) is 4.39 Å². The van der Waals surface area contributed by atoms with Crippen molar-refractivity contribution in [2.45, 2.75) is 140 Å². The van der Waals surface area contributed by atoms with E-state index in [-0.39, 0.29) is 30.4 Å². The molecule has 2 saturated heterocycles. The molecule has 0 amide bonds. The highest BCUT2D eigenvalue weighted by molar-refractivity contribution is 7.95. The van der Waals surface area contributed by atoms with Gasteiger partial charge in [-0.3, -0.25) is 0 Å². The molecule has 15 heteroatoms. The number of rotatable bonds is 19. The lowest BCUT2D eigenvalue weighted by Crippen LogP contribution is -2.55. The summed E-state index contributed by atoms with van der Waals surface area (Å²) < 4.78 is 35.6. The third-order valence-corrected chi connectivity index (χ3v) is 11.9. The zero-order valence-corrected chi connectivity index (χ0v) is 39.0. The van der Waals surface area contributed by atoms with Crippen LogP contribution in [0, 0.1) is 21.5 Å². The summed E-state index contributed by atoms with van der Waals surface area (Å²) in [6.07, 6.45) is 13.5. The maximum Gasteiger partial charge on any atom is 0.161 e. The second-order valence-corrected chi connectivity index (χ2v) is 17.0. The maximum absolute atomic E-state index is 12.4. The number of ketones is 1. The van der Waals surface area contributed by atoms with Crippen molar-refractivity contribution in [2.24, 2.45) is 16.3 Å². The summed E-state index contributed by atoms with van der Waals surface area (Å²) in [4.78, 5) is 34.4. The van der Waals surface area contributed by atoms with Gasteiger partial charge in [-0.2, -0.15) is 9.81 Å². The highest BCUT2D eigenvalue weighted by Crippen LogP contribution is 2.35. The van der Waals surface area contributed by atoms with E-state index >= 15 is 0 Å². The molecule has 11 atom stereocenters. The molecule has 2 aromatic carbocycles. The van der Waals surface area contributed by atoms with Gasteiger partial charge in [-0.1, -0.05) is 129 Å². The second-order valence-electron chi connectivity index (χ2n) is 16.1. The smallest absolute Gasteiger partial charge is 0.161 e. The van der Waals surface area contributed by atoms with Crippen LogP contribution in [0.25, 0.3) is 0 Å². The first-order valence-corrected chi connectivity index (χ1v) is 23.0. The summed E-state index contributed by atoms with van der Waals surface area (Å²) in [5.74, 6) is 0.351. The fraction of sp³-hybridized carbons (Fsp3) is 0.500. The minimum Gasteiger partial charge on any atom is -0.430 e. The summed E-state index contributed by atoms with van der Waals surface area (Å²) in [6, 6.07) is 15.6. The highest BCUT2D eigenvalue weighted by atomic mass is 32.2. The van der Waals surface area contributed by atoms with Crippen LogP contribution in [0.1, 0.15) is 103 Å². The first-order valence-electron chi connectivity index (χ1n) is 22.2. The molecule has 1 aliphatic carbocycles. The number of aliphatic hydroxyl groups is 4. The number of nitrogens with zero attached hydrogens (tertiary/aromatic N) is 2. The van der Waals surface area contributed by atoms with E-state index in [1.54, 1.807) is 18.4 Å². The number of halogens is 1. The van der Waals surface area contributed by atoms with Crippen molar-refractivity contribution >= 4 is 17.8 Å². The zero-order valence-electron chi connectivity index (χ0n) is 38.2. The molecule has 2 aromatic rings. The van der Waals surface area contributed by atoms with Gasteiger partial charge in [0.2, 0.25) is 0 Å². The standard InChI is InChI=1S/C31H42N2O10S.C10H14.C9H11FO/c1-4-21(22-9-7-5-6-8-10-22)11-12-23(19(2)13-20(3)35)18-40-44-29-14-24(33-39)31(27(17-34)42-29)43-28-15-25(36)30(37)26(41-28)16-32-38;1-3-9(2)10-7-5-4-6-8-10;1-2-9(11)7-3-5-8(10)6-4-7/h4-7,9-12,18-19,24-31,34,36-37H,8,13-17H2,1-3H3;4-9H,3H2,1-2H3;3-6,9,11H,2H2,1H3/b12-11-,21-4+,23-18-;;/t19?,24?,25?,26?,27?,28?,29?,30-,31?;;/m0../s1. The van der Waals surface area contributed by atoms with Crippen molar-refractivity contribution in [3.8, 4) is 0 Å². The molecule has 0 radical (unpaired) electrons. The molecular formula is C50H67FN2O11S. The minimum absolute atomic E-state index is 0.0428. The van der Waals surface area contributed by atoms with Crippen LogP contribution in [0.2, 0.25) is 0 Å². The van der Waals surface area contributed by atoms with Crippen LogP contribution in [0.5, 0.6) is 0 Å². The molecule has 3 aliphatic rings. The summed E-state index contributed by atoms with van der Waals surface area (Å²) in [5, 5.41) is 45.5. The van der Waals surface area contributed by atoms with Crippen LogP contribution in [0.15, 0.2) is 137 Å². The number of nitroso groups, excluding NO2 is 2. The quantitative estimate of drug-likeness (QED) is 0.0452. The van der Waals surface area contributed by atoms with E-state index in [1.807, 2.05) is 57.2 Å². The van der Waals surface area contributed by atoms with Gasteiger partial charge in [0, 0.05) is 19.3 Å². The van der Waals surface area contributed by atoms with Crippen molar-refractivity contribution in [1.82, 2.24) is 0 Å². The Morgan fingerprint density at radius 1 is 0.969 bits per heavy atom. The predicted octanol–water partition coefficient (Wildman–Crippen LogP) is 9.80. The lowest BCUT2D eigenvalue weighted by Gasteiger charge is -2.42. The topological polar surface area (TPSA) is 194 Å². The first-order chi connectivity index (χ1) is 31.3. The lowest BCUT2D eigenvalue weighted by atomic mass is 9.95. The number of aliphatic hydroxyl groups excluding tert-OH is 4. The van der Waals surface area contributed by atoms with Gasteiger partial charge in [-0.15, -0.1) is 0 Å². The molecule has 356 valence electrons. The summed E-state index contributed by atoms with van der Waals surface area (Å²) >= 11 is 0.947. The van der Waals surface area contributed by atoms with Gasteiger partial charge in [0.05, 0.1) is 30.9 Å². The Bertz CT molecular complexity index is 1920. The van der Waals surface area contributed by atoms with Crippen LogP contribution < -0.4 is 0 Å². The number of allylic oxidation sites excluding steroid dienone is 11. The number of carbonyl (C=O) groups is 1. The minimum atomic E-state index is -1.32. The average Bonchev–Trinajstić information content (AvgIpc) is 3.60. The Morgan fingerprint density at radius 3 is 2.31 bits per heavy atom. The van der Waals surface area contributed by atoms with E-state index in [1.165, 1.54) is 31.0 Å². The third kappa shape index (κ3) is 18.8. The molecule has 10 unspecified atom stereocenters. The van der Waals surface area contributed by atoms with Gasteiger partial charge < -0.3 is 43.6 Å². The molecule has 2 aliphatic heterocycles. The van der Waals surface area contributed by atoms with Crippen molar-refractivity contribution in [3.63, 3.8) is 0 Å². The molecule has 0 saturated carbocycles. The number of carbonyl (C=O) groups excluding carboxylic acids is 1. The van der Waals surface area contributed by atoms with E-state index in [4.69, 9.17) is 18.4 Å². The van der Waals surface area contributed by atoms with Crippen molar-refractivity contribution in [3.05, 3.63) is 153 Å². The number of Topliss-reactive ketones (excluding diaryl/α,β-unsaturated/α-hetero) is 1. The molecule has 2 heterocycles. The second kappa shape index (κ2) is 30.0. The lowest BCUT2D eigenvalue weighted by molar-refractivity contribution is -0.282. The van der Waals surface area contributed by atoms with Crippen LogP contribution in [-0.2, 0) is 23.2 Å². The molecule has 4 N–H and O–H groups in total. The van der Waals surface area contributed by atoms with Crippen LogP contribution >= 0.6 is 12.0 Å². The Morgan fingerprint density at radius 2 is 1.69 bits per heavy atom. The van der Waals surface area contributed by atoms with Crippen LogP contribution in [0.4, 0.5) is 4.39 Å². The largest absolute Gasteiger partial charge is 0.430 e. The number of hydrogen-bond donors (Lipinski definition) is 4. The summed E-state index contributed by atoms with van der Waals surface area (Å²) in [7, 11) is 0. The Balaban J connectivity index is 0.000000431. The highest BCUT2D eigenvalue weighted by Gasteiger charge is 2.45. The number of ether oxygens (including phenoxy) is 3. The number of hydrogen-bond acceptors (Lipinski definition) is 14. The van der Waals surface area contributed by atoms with E-state index < -0.39 is 67.5 Å². The summed E-state index contributed by atoms with van der Waals surface area (Å²) in [5.41, 5.74) is 4.41. The van der Waals surface area contributed by atoms with Crippen LogP contribution in [-0.4, -0.2) is 87.6 Å². The fourth-order valence-corrected chi connectivity index (χ4v) is 7.84. The van der Waals surface area contributed by atoms with Crippen molar-refractivity contribution < 1.29 is 48.0 Å². The molecular weight excluding hydrogens is 856 g/mol. The maximum atomic E-state index is 12.4. The van der Waals surface area contributed by atoms with E-state index in [2.05, 4.69) is 66.7 Å². The molecule has 5 rings (SSSR count). The van der Waals surface area contributed by atoms with Gasteiger partial charge in [-0.05, 0) is 84.9 Å². The Hall–Kier alpha value is -4.45. The van der Waals surface area contributed by atoms with Crippen molar-refractivity contribution in [1.29, 1.82) is 0 Å². The molecule has 0 aromatic heterocycles. The average molecular weight is 923 g/mol. The van der Waals surface area contributed by atoms with Crippen molar-refractivity contribution in [2.75, 3.05) is 13.2 Å². The third-order valence-electron chi connectivity index (χ3n) is 11.1. The van der Waals surface area contributed by atoms with Gasteiger partial charge in [0.25, 0.3) is 0 Å². The molecule has 0 spiro atoms. The Labute approximate surface area is 387 Å². The normalized spacial score (nSPS) is 26.0. The van der Waals surface area contributed by atoms with E-state index in [0.717, 1.165) is 40.7 Å². The fourth-order valence-electron chi connectivity index (χ4n) is 7.09. The number of benzene rings is 2. The van der Waals surface area contributed by atoms with E-state index in [9.17, 15) is 39.4 Å². The molecule has 65 heavy (non-hydrogen) atoms. The van der Waals surface area contributed by atoms with Gasteiger partial charge >= 0.3 is 0 Å². The molecule has 13 nitrogen and oxygen atoms in total. The summed E-state index contributed by atoms with van der Waals surface area (Å²) in [6.45, 7) is 10.9. The van der Waals surface area contributed by atoms with Gasteiger partial charge in [0.1, 0.15) is 60.3 Å². The molecule has 0 bridgehead atoms.